The van der Waals surface area contributed by atoms with Gasteiger partial charge in [-0.15, -0.1) is 0 Å². The maximum absolute atomic E-state index is 13.7. The van der Waals surface area contributed by atoms with Crippen molar-refractivity contribution in [2.24, 2.45) is 0 Å². The van der Waals surface area contributed by atoms with Crippen molar-refractivity contribution in [3.05, 3.63) is 59.7 Å². The van der Waals surface area contributed by atoms with Crippen molar-refractivity contribution in [1.29, 1.82) is 0 Å². The highest BCUT2D eigenvalue weighted by Crippen LogP contribution is 2.29. The molecular weight excluding hydrogens is 386 g/mol. The smallest absolute Gasteiger partial charge is 0.230 e. The number of carbonyl (C=O) groups excluding carboxylic acids is 2. The van der Waals surface area contributed by atoms with Crippen molar-refractivity contribution in [2.75, 3.05) is 24.3 Å². The van der Waals surface area contributed by atoms with Gasteiger partial charge >= 0.3 is 0 Å². The summed E-state index contributed by atoms with van der Waals surface area (Å²) in [6.45, 7) is 8.62. The van der Waals surface area contributed by atoms with E-state index >= 15 is 0 Å². The first-order valence-electron chi connectivity index (χ1n) is 11.3. The molecule has 2 rings (SSSR count). The number of nitrogens with one attached hydrogen (secondary N) is 1. The van der Waals surface area contributed by atoms with E-state index in [-0.39, 0.29) is 23.8 Å². The van der Waals surface area contributed by atoms with Gasteiger partial charge in [-0.2, -0.15) is 0 Å². The van der Waals surface area contributed by atoms with Crippen molar-refractivity contribution in [2.45, 2.75) is 65.5 Å². The topological polar surface area (TPSA) is 52.7 Å². The van der Waals surface area contributed by atoms with Crippen LogP contribution in [-0.2, 0) is 16.1 Å². The number of hydrogen-bond acceptors (Lipinski definition) is 3. The number of hydrogen-bond donors (Lipinski definition) is 1. The summed E-state index contributed by atoms with van der Waals surface area (Å²) in [6.07, 6.45) is 2.06. The Bertz CT molecular complexity index is 864. The zero-order valence-electron chi connectivity index (χ0n) is 19.8. The van der Waals surface area contributed by atoms with Crippen LogP contribution in [0.3, 0.4) is 0 Å². The predicted octanol–water partition coefficient (Wildman–Crippen LogP) is 5.42. The molecule has 168 valence electrons. The van der Waals surface area contributed by atoms with E-state index in [9.17, 15) is 9.59 Å². The second-order valence-electron chi connectivity index (χ2n) is 8.23. The summed E-state index contributed by atoms with van der Waals surface area (Å²) in [5.74, 6) is -0.0368. The van der Waals surface area contributed by atoms with Crippen LogP contribution < -0.4 is 10.2 Å². The van der Waals surface area contributed by atoms with Crippen molar-refractivity contribution in [1.82, 2.24) is 4.90 Å². The Hall–Kier alpha value is -2.82. The zero-order chi connectivity index (χ0) is 23.0. The number of rotatable bonds is 10. The third kappa shape index (κ3) is 6.33. The third-order valence-corrected chi connectivity index (χ3v) is 5.82. The average Bonchev–Trinajstić information content (AvgIpc) is 2.77. The molecule has 0 spiro atoms. The van der Waals surface area contributed by atoms with Gasteiger partial charge in [-0.3, -0.25) is 9.59 Å². The fraction of sp³-hybridized carbons (Fsp3) is 0.462. The van der Waals surface area contributed by atoms with E-state index in [4.69, 9.17) is 0 Å². The van der Waals surface area contributed by atoms with Crippen LogP contribution >= 0.6 is 0 Å². The SMILES string of the molecule is CCC(=O)Nc1ccc(N(C)C)c(CN(C(=O)[C@H](CC)c2ccccc2)[C@H](C)CC)c1. The normalized spacial score (nSPS) is 12.7. The molecule has 0 saturated carbocycles. The molecule has 0 aromatic heterocycles. The molecule has 0 unspecified atom stereocenters. The van der Waals surface area contributed by atoms with E-state index in [1.165, 1.54) is 0 Å². The summed E-state index contributed by atoms with van der Waals surface area (Å²) in [6, 6.07) is 16.1. The lowest BCUT2D eigenvalue weighted by Gasteiger charge is -2.33. The maximum Gasteiger partial charge on any atom is 0.230 e. The van der Waals surface area contributed by atoms with Crippen LogP contribution in [0.1, 0.15) is 64.0 Å². The van der Waals surface area contributed by atoms with Crippen LogP contribution in [0.15, 0.2) is 48.5 Å². The molecule has 31 heavy (non-hydrogen) atoms. The van der Waals surface area contributed by atoms with E-state index < -0.39 is 0 Å². The van der Waals surface area contributed by atoms with Gasteiger partial charge in [-0.25, -0.2) is 0 Å². The van der Waals surface area contributed by atoms with Crippen LogP contribution in [0.4, 0.5) is 11.4 Å². The molecule has 5 heteroatoms. The first-order valence-corrected chi connectivity index (χ1v) is 11.3. The van der Waals surface area contributed by atoms with Gasteiger partial charge in [-0.05, 0) is 49.1 Å². The molecule has 2 amide bonds. The Kier molecular flexibility index (Phi) is 9.10. The third-order valence-electron chi connectivity index (χ3n) is 5.82. The van der Waals surface area contributed by atoms with Gasteiger partial charge in [0, 0.05) is 44.5 Å². The molecule has 2 aromatic rings. The van der Waals surface area contributed by atoms with Gasteiger partial charge in [-0.1, -0.05) is 51.1 Å². The lowest BCUT2D eigenvalue weighted by Crippen LogP contribution is -2.41. The summed E-state index contributed by atoms with van der Waals surface area (Å²) in [7, 11) is 3.99. The second-order valence-corrected chi connectivity index (χ2v) is 8.23. The Morgan fingerprint density at radius 2 is 1.65 bits per heavy atom. The molecule has 2 aromatic carbocycles. The summed E-state index contributed by atoms with van der Waals surface area (Å²) in [5, 5.41) is 2.94. The quantitative estimate of drug-likeness (QED) is 0.555. The minimum atomic E-state index is -0.166. The van der Waals surface area contributed by atoms with Crippen molar-refractivity contribution in [3.8, 4) is 0 Å². The molecule has 0 radical (unpaired) electrons. The van der Waals surface area contributed by atoms with Gasteiger partial charge in [0.25, 0.3) is 0 Å². The summed E-state index contributed by atoms with van der Waals surface area (Å²) < 4.78 is 0. The van der Waals surface area contributed by atoms with E-state index in [0.717, 1.165) is 35.3 Å². The molecule has 0 bridgehead atoms. The Morgan fingerprint density at radius 1 is 0.968 bits per heavy atom. The molecule has 2 atom stereocenters. The van der Waals surface area contributed by atoms with Crippen molar-refractivity contribution < 1.29 is 9.59 Å². The van der Waals surface area contributed by atoms with Gasteiger partial charge < -0.3 is 15.1 Å². The van der Waals surface area contributed by atoms with E-state index in [1.807, 2.05) is 74.4 Å². The maximum atomic E-state index is 13.7. The largest absolute Gasteiger partial charge is 0.377 e. The molecule has 0 aliphatic carbocycles. The fourth-order valence-electron chi connectivity index (χ4n) is 3.77. The van der Waals surface area contributed by atoms with E-state index in [1.54, 1.807) is 0 Å². The minimum Gasteiger partial charge on any atom is -0.377 e. The molecule has 1 N–H and O–H groups in total. The van der Waals surface area contributed by atoms with Crippen LogP contribution in [0.25, 0.3) is 0 Å². The Labute approximate surface area is 187 Å². The Morgan fingerprint density at radius 3 is 2.19 bits per heavy atom. The molecule has 5 nitrogen and oxygen atoms in total. The molecule has 0 heterocycles. The predicted molar refractivity (Wildman–Crippen MR) is 129 cm³/mol. The number of nitrogens with zero attached hydrogens (tertiary/aromatic N) is 2. The first-order chi connectivity index (χ1) is 14.8. The Balaban J connectivity index is 2.42. The number of carbonyl (C=O) groups is 2. The number of anilines is 2. The molecule has 0 fully saturated rings. The highest BCUT2D eigenvalue weighted by molar-refractivity contribution is 5.91. The van der Waals surface area contributed by atoms with Crippen LogP contribution in [0.2, 0.25) is 0 Å². The van der Waals surface area contributed by atoms with Gasteiger partial charge in [0.15, 0.2) is 0 Å². The molecule has 0 saturated heterocycles. The highest BCUT2D eigenvalue weighted by Gasteiger charge is 2.28. The van der Waals surface area contributed by atoms with Crippen molar-refractivity contribution in [3.63, 3.8) is 0 Å². The average molecular weight is 424 g/mol. The minimum absolute atomic E-state index is 0.0199. The monoisotopic (exact) mass is 423 g/mol. The standard InChI is InChI=1S/C26H37N3O2/c1-7-19(4)29(26(31)23(8-2)20-13-11-10-12-14-20)18-21-17-22(27-25(30)9-3)15-16-24(21)28(5)6/h10-17,19,23H,7-9,18H2,1-6H3,(H,27,30)/t19-,23-/m1/s1. The van der Waals surface area contributed by atoms with Crippen LogP contribution in [0.5, 0.6) is 0 Å². The van der Waals surface area contributed by atoms with Crippen LogP contribution in [-0.4, -0.2) is 36.9 Å². The summed E-state index contributed by atoms with van der Waals surface area (Å²) >= 11 is 0. The van der Waals surface area contributed by atoms with Crippen molar-refractivity contribution >= 4 is 23.2 Å². The lowest BCUT2D eigenvalue weighted by molar-refractivity contribution is -0.135. The van der Waals surface area contributed by atoms with Crippen LogP contribution in [0, 0.1) is 0 Å². The molecular formula is C26H37N3O2. The fourth-order valence-corrected chi connectivity index (χ4v) is 3.77. The van der Waals surface area contributed by atoms with Gasteiger partial charge in [0.2, 0.25) is 11.8 Å². The summed E-state index contributed by atoms with van der Waals surface area (Å²) in [4.78, 5) is 29.7. The second kappa shape index (κ2) is 11.5. The lowest BCUT2D eigenvalue weighted by atomic mass is 9.94. The first kappa shape index (κ1) is 24.4. The number of amides is 2. The van der Waals surface area contributed by atoms with Gasteiger partial charge in [0.1, 0.15) is 0 Å². The molecule has 0 aliphatic rings. The summed E-state index contributed by atoms with van der Waals surface area (Å²) in [5.41, 5.74) is 3.89. The zero-order valence-corrected chi connectivity index (χ0v) is 19.8. The van der Waals surface area contributed by atoms with E-state index in [2.05, 4.69) is 31.0 Å². The van der Waals surface area contributed by atoms with E-state index in [0.29, 0.717) is 13.0 Å². The molecule has 0 aliphatic heterocycles. The number of benzene rings is 2. The highest BCUT2D eigenvalue weighted by atomic mass is 16.2. The van der Waals surface area contributed by atoms with Gasteiger partial charge in [0.05, 0.1) is 5.92 Å².